The normalized spacial score (nSPS) is 20.7. The van der Waals surface area contributed by atoms with Gasteiger partial charge in [-0.3, -0.25) is 4.90 Å². The molecule has 1 fully saturated rings. The summed E-state index contributed by atoms with van der Waals surface area (Å²) in [4.78, 5) is 13.7. The Morgan fingerprint density at radius 3 is 3.18 bits per heavy atom. The highest BCUT2D eigenvalue weighted by atomic mass is 16.5. The third-order valence-corrected chi connectivity index (χ3v) is 3.22. The van der Waals surface area contributed by atoms with E-state index in [-0.39, 0.29) is 5.97 Å². The molecule has 2 rings (SSSR count). The van der Waals surface area contributed by atoms with Gasteiger partial charge in [0, 0.05) is 6.54 Å². The summed E-state index contributed by atoms with van der Waals surface area (Å²) in [6.07, 6.45) is 2.64. The van der Waals surface area contributed by atoms with Crippen molar-refractivity contribution in [2.24, 2.45) is 11.7 Å². The molecule has 1 aromatic rings. The van der Waals surface area contributed by atoms with E-state index >= 15 is 0 Å². The highest BCUT2D eigenvalue weighted by molar-refractivity contribution is 5.90. The maximum atomic E-state index is 11.5. The Morgan fingerprint density at radius 2 is 2.53 bits per heavy atom. The molecule has 0 aliphatic carbocycles. The van der Waals surface area contributed by atoms with Gasteiger partial charge in [0.25, 0.3) is 0 Å². The largest absolute Gasteiger partial charge is 0.467 e. The summed E-state index contributed by atoms with van der Waals surface area (Å²) in [6, 6.07) is 1.65. The lowest BCUT2D eigenvalue weighted by molar-refractivity contribution is 0.0596. The molecule has 2 heterocycles. The van der Waals surface area contributed by atoms with Gasteiger partial charge in [-0.05, 0) is 31.5 Å². The van der Waals surface area contributed by atoms with Crippen molar-refractivity contribution < 1.29 is 13.9 Å². The Balaban J connectivity index is 2.00. The number of nitrogens with zero attached hydrogens (tertiary/aromatic N) is 1. The van der Waals surface area contributed by atoms with E-state index in [0.29, 0.717) is 23.8 Å². The van der Waals surface area contributed by atoms with E-state index in [1.54, 1.807) is 6.07 Å². The molecule has 2 N–H and O–H groups in total. The van der Waals surface area contributed by atoms with Gasteiger partial charge in [0.05, 0.1) is 19.9 Å². The topological polar surface area (TPSA) is 68.7 Å². The van der Waals surface area contributed by atoms with E-state index in [0.717, 1.165) is 26.1 Å². The zero-order valence-electron chi connectivity index (χ0n) is 10.0. The number of ether oxygens (including phenoxy) is 1. The molecule has 0 spiro atoms. The number of nitrogens with two attached hydrogens (primary N) is 1. The Bertz CT molecular complexity index is 389. The van der Waals surface area contributed by atoms with Gasteiger partial charge >= 0.3 is 5.97 Å². The van der Waals surface area contributed by atoms with Crippen LogP contribution in [-0.2, 0) is 11.3 Å². The van der Waals surface area contributed by atoms with Crippen LogP contribution < -0.4 is 5.73 Å². The van der Waals surface area contributed by atoms with E-state index in [1.165, 1.54) is 13.4 Å². The number of hydrogen-bond acceptors (Lipinski definition) is 5. The van der Waals surface area contributed by atoms with Crippen LogP contribution in [0.15, 0.2) is 16.7 Å². The van der Waals surface area contributed by atoms with E-state index in [2.05, 4.69) is 4.90 Å². The lowest BCUT2D eigenvalue weighted by Gasteiger charge is -2.14. The summed E-state index contributed by atoms with van der Waals surface area (Å²) < 4.78 is 10.0. The molecule has 5 nitrogen and oxygen atoms in total. The molecule has 0 saturated carbocycles. The first kappa shape index (κ1) is 12.1. The molecule has 5 heteroatoms. The fraction of sp³-hybridized carbons (Fsp3) is 0.583. The number of likely N-dealkylation sites (tertiary alicyclic amines) is 1. The van der Waals surface area contributed by atoms with Crippen LogP contribution in [0, 0.1) is 5.92 Å². The third kappa shape index (κ3) is 2.68. The second-order valence-electron chi connectivity index (χ2n) is 4.37. The lowest BCUT2D eigenvalue weighted by atomic mass is 10.1. The standard InChI is InChI=1S/C12H18N2O3/c1-16-12(15)10-3-5-17-11(10)8-14-4-2-9(6-13)7-14/h3,5,9H,2,4,6-8,13H2,1H3. The molecule has 1 atom stereocenters. The number of methoxy groups -OCH3 is 1. The smallest absolute Gasteiger partial charge is 0.341 e. The molecule has 0 amide bonds. The molecular weight excluding hydrogens is 220 g/mol. The van der Waals surface area contributed by atoms with E-state index < -0.39 is 0 Å². The molecule has 94 valence electrons. The SMILES string of the molecule is COC(=O)c1ccoc1CN1CCC(CN)C1. The summed E-state index contributed by atoms with van der Waals surface area (Å²) in [5, 5.41) is 0. The number of furan rings is 1. The first-order valence-electron chi connectivity index (χ1n) is 5.81. The average molecular weight is 238 g/mol. The number of carbonyl (C=O) groups excluding carboxylic acids is 1. The van der Waals surface area contributed by atoms with Crippen LogP contribution in [0.1, 0.15) is 22.5 Å². The third-order valence-electron chi connectivity index (χ3n) is 3.22. The van der Waals surface area contributed by atoms with E-state index in [1.807, 2.05) is 0 Å². The Labute approximate surface area is 101 Å². The van der Waals surface area contributed by atoms with Gasteiger partial charge in [0.2, 0.25) is 0 Å². The second kappa shape index (κ2) is 5.33. The fourth-order valence-electron chi connectivity index (χ4n) is 2.21. The van der Waals surface area contributed by atoms with Crippen molar-refractivity contribution in [1.29, 1.82) is 0 Å². The Kier molecular flexibility index (Phi) is 3.81. The maximum Gasteiger partial charge on any atom is 0.341 e. The van der Waals surface area contributed by atoms with Crippen LogP contribution in [-0.4, -0.2) is 37.6 Å². The van der Waals surface area contributed by atoms with Crippen molar-refractivity contribution in [1.82, 2.24) is 4.90 Å². The predicted octanol–water partition coefficient (Wildman–Crippen LogP) is 0.847. The van der Waals surface area contributed by atoms with Gasteiger partial charge in [-0.15, -0.1) is 0 Å². The van der Waals surface area contributed by atoms with Crippen LogP contribution in [0.2, 0.25) is 0 Å². The average Bonchev–Trinajstić information content (AvgIpc) is 2.97. The highest BCUT2D eigenvalue weighted by Gasteiger charge is 2.24. The summed E-state index contributed by atoms with van der Waals surface area (Å²) in [6.45, 7) is 3.34. The Hall–Kier alpha value is -1.33. The molecular formula is C12H18N2O3. The van der Waals surface area contributed by atoms with Gasteiger partial charge in [-0.2, -0.15) is 0 Å². The Morgan fingerprint density at radius 1 is 1.71 bits per heavy atom. The van der Waals surface area contributed by atoms with Gasteiger partial charge < -0.3 is 14.9 Å². The summed E-state index contributed by atoms with van der Waals surface area (Å²) in [5.41, 5.74) is 6.16. The summed E-state index contributed by atoms with van der Waals surface area (Å²) in [7, 11) is 1.37. The lowest BCUT2D eigenvalue weighted by Crippen LogP contribution is -2.23. The van der Waals surface area contributed by atoms with Crippen LogP contribution >= 0.6 is 0 Å². The fourth-order valence-corrected chi connectivity index (χ4v) is 2.21. The second-order valence-corrected chi connectivity index (χ2v) is 4.37. The minimum Gasteiger partial charge on any atom is -0.467 e. The number of hydrogen-bond donors (Lipinski definition) is 1. The number of rotatable bonds is 4. The molecule has 1 saturated heterocycles. The van der Waals surface area contributed by atoms with Crippen molar-refractivity contribution in [3.8, 4) is 0 Å². The zero-order chi connectivity index (χ0) is 12.3. The molecule has 17 heavy (non-hydrogen) atoms. The first-order valence-corrected chi connectivity index (χ1v) is 5.81. The summed E-state index contributed by atoms with van der Waals surface area (Å²) >= 11 is 0. The van der Waals surface area contributed by atoms with Crippen molar-refractivity contribution in [3.05, 3.63) is 23.7 Å². The van der Waals surface area contributed by atoms with Crippen molar-refractivity contribution in [3.63, 3.8) is 0 Å². The van der Waals surface area contributed by atoms with Gasteiger partial charge in [-0.25, -0.2) is 4.79 Å². The van der Waals surface area contributed by atoms with Gasteiger partial charge in [-0.1, -0.05) is 0 Å². The molecule has 0 radical (unpaired) electrons. The van der Waals surface area contributed by atoms with E-state index in [4.69, 9.17) is 14.9 Å². The molecule has 1 aliphatic heterocycles. The predicted molar refractivity (Wildman–Crippen MR) is 62.5 cm³/mol. The summed E-state index contributed by atoms with van der Waals surface area (Å²) in [5.74, 6) is 0.893. The maximum absolute atomic E-state index is 11.5. The van der Waals surface area contributed by atoms with Crippen molar-refractivity contribution >= 4 is 5.97 Å². The minimum atomic E-state index is -0.344. The van der Waals surface area contributed by atoms with Crippen LogP contribution in [0.25, 0.3) is 0 Å². The van der Waals surface area contributed by atoms with Gasteiger partial charge in [0.15, 0.2) is 0 Å². The molecule has 1 aliphatic rings. The molecule has 0 aromatic carbocycles. The monoisotopic (exact) mass is 238 g/mol. The number of carbonyl (C=O) groups is 1. The van der Waals surface area contributed by atoms with Crippen molar-refractivity contribution in [2.75, 3.05) is 26.7 Å². The quantitative estimate of drug-likeness (QED) is 0.787. The molecule has 0 bridgehead atoms. The first-order chi connectivity index (χ1) is 8.24. The van der Waals surface area contributed by atoms with E-state index in [9.17, 15) is 4.79 Å². The minimum absolute atomic E-state index is 0.344. The number of esters is 1. The van der Waals surface area contributed by atoms with Crippen LogP contribution in [0.5, 0.6) is 0 Å². The zero-order valence-corrected chi connectivity index (χ0v) is 10.0. The van der Waals surface area contributed by atoms with Crippen molar-refractivity contribution in [2.45, 2.75) is 13.0 Å². The van der Waals surface area contributed by atoms with Crippen LogP contribution in [0.3, 0.4) is 0 Å². The highest BCUT2D eigenvalue weighted by Crippen LogP contribution is 2.20. The molecule has 1 unspecified atom stereocenters. The molecule has 1 aromatic heterocycles. The van der Waals surface area contributed by atoms with Gasteiger partial charge in [0.1, 0.15) is 11.3 Å². The van der Waals surface area contributed by atoms with Crippen LogP contribution in [0.4, 0.5) is 0 Å².